The van der Waals surface area contributed by atoms with Crippen molar-refractivity contribution in [2.75, 3.05) is 5.73 Å². The van der Waals surface area contributed by atoms with Crippen LogP contribution in [0.2, 0.25) is 0 Å². The molecule has 0 amide bonds. The van der Waals surface area contributed by atoms with E-state index in [2.05, 4.69) is 10.2 Å². The number of rotatable bonds is 3. The van der Waals surface area contributed by atoms with Gasteiger partial charge in [-0.05, 0) is 31.0 Å². The van der Waals surface area contributed by atoms with Gasteiger partial charge in [-0.1, -0.05) is 0 Å². The summed E-state index contributed by atoms with van der Waals surface area (Å²) in [4.78, 5) is 11.9. The van der Waals surface area contributed by atoms with Gasteiger partial charge < -0.3 is 15.0 Å². The Hall–Kier alpha value is -2.44. The molecule has 2 N–H and O–H groups in total. The fourth-order valence-electron chi connectivity index (χ4n) is 2.42. The van der Waals surface area contributed by atoms with Crippen LogP contribution in [0.15, 0.2) is 18.2 Å². The minimum atomic E-state index is -0.630. The molecule has 0 bridgehead atoms. The highest BCUT2D eigenvalue weighted by Gasteiger charge is 2.17. The number of aromatic nitrogens is 3. The summed E-state index contributed by atoms with van der Waals surface area (Å²) in [5, 5.41) is 8.11. The lowest BCUT2D eigenvalue weighted by Crippen LogP contribution is -2.15. The summed E-state index contributed by atoms with van der Waals surface area (Å²) in [6.45, 7) is 0.852. The van der Waals surface area contributed by atoms with E-state index in [0.29, 0.717) is 5.82 Å². The molecular formula is C14H15FN4O2. The maximum absolute atomic E-state index is 13.2. The zero-order valence-electron chi connectivity index (χ0n) is 11.4. The second-order valence-corrected chi connectivity index (χ2v) is 4.99. The van der Waals surface area contributed by atoms with Gasteiger partial charge in [0, 0.05) is 18.7 Å². The van der Waals surface area contributed by atoms with Gasteiger partial charge in [-0.25, -0.2) is 9.18 Å². The Balaban J connectivity index is 1.70. The molecule has 0 saturated heterocycles. The smallest absolute Gasteiger partial charge is 0.338 e. The standard InChI is InChI=1S/C14H15FN4O2/c15-10-5-9(6-11(16)7-10)14(20)21-8-13-18-17-12-3-1-2-4-19(12)13/h5-7H,1-4,8,16H2. The number of nitrogens with zero attached hydrogens (tertiary/aromatic N) is 3. The Bertz CT molecular complexity index is 663. The molecule has 3 rings (SSSR count). The van der Waals surface area contributed by atoms with Gasteiger partial charge in [0.25, 0.3) is 0 Å². The molecule has 1 aromatic heterocycles. The van der Waals surface area contributed by atoms with Gasteiger partial charge in [-0.3, -0.25) is 0 Å². The molecular weight excluding hydrogens is 275 g/mol. The first-order valence-electron chi connectivity index (χ1n) is 6.77. The Morgan fingerprint density at radius 3 is 3.00 bits per heavy atom. The summed E-state index contributed by atoms with van der Waals surface area (Å²) >= 11 is 0. The molecule has 6 nitrogen and oxygen atoms in total. The number of hydrogen-bond acceptors (Lipinski definition) is 5. The molecule has 2 heterocycles. The second kappa shape index (κ2) is 5.51. The molecule has 0 radical (unpaired) electrons. The number of esters is 1. The van der Waals surface area contributed by atoms with Crippen LogP contribution in [0.3, 0.4) is 0 Å². The average molecular weight is 290 g/mol. The van der Waals surface area contributed by atoms with E-state index in [0.717, 1.165) is 43.8 Å². The zero-order chi connectivity index (χ0) is 14.8. The van der Waals surface area contributed by atoms with Gasteiger partial charge in [0.1, 0.15) is 11.6 Å². The van der Waals surface area contributed by atoms with Gasteiger partial charge in [-0.2, -0.15) is 0 Å². The lowest BCUT2D eigenvalue weighted by Gasteiger charge is -2.14. The van der Waals surface area contributed by atoms with Gasteiger partial charge >= 0.3 is 5.97 Å². The number of nitrogen functional groups attached to an aromatic ring is 1. The Morgan fingerprint density at radius 2 is 2.19 bits per heavy atom. The van der Waals surface area contributed by atoms with Gasteiger partial charge in [0.05, 0.1) is 5.56 Å². The fraction of sp³-hybridized carbons (Fsp3) is 0.357. The molecule has 0 aliphatic carbocycles. The first-order valence-corrected chi connectivity index (χ1v) is 6.77. The quantitative estimate of drug-likeness (QED) is 0.687. The normalized spacial score (nSPS) is 13.8. The topological polar surface area (TPSA) is 83.0 Å². The Kier molecular flexibility index (Phi) is 3.55. The van der Waals surface area contributed by atoms with E-state index >= 15 is 0 Å². The Morgan fingerprint density at radius 1 is 1.33 bits per heavy atom. The van der Waals surface area contributed by atoms with Crippen molar-refractivity contribution in [2.24, 2.45) is 0 Å². The molecule has 21 heavy (non-hydrogen) atoms. The minimum absolute atomic E-state index is 0.0161. The third-order valence-electron chi connectivity index (χ3n) is 3.42. The van der Waals surface area contributed by atoms with Crippen molar-refractivity contribution < 1.29 is 13.9 Å². The molecule has 0 unspecified atom stereocenters. The third-order valence-corrected chi connectivity index (χ3v) is 3.42. The summed E-state index contributed by atoms with van der Waals surface area (Å²) in [7, 11) is 0. The summed E-state index contributed by atoms with van der Waals surface area (Å²) < 4.78 is 20.3. The SMILES string of the molecule is Nc1cc(F)cc(C(=O)OCc2nnc3n2CCCC3)c1. The predicted octanol–water partition coefficient (Wildman–Crippen LogP) is 1.69. The summed E-state index contributed by atoms with van der Waals surface area (Å²) in [5.41, 5.74) is 5.78. The second-order valence-electron chi connectivity index (χ2n) is 4.99. The van der Waals surface area contributed by atoms with Crippen LogP contribution < -0.4 is 5.73 Å². The van der Waals surface area contributed by atoms with Crippen molar-refractivity contribution in [2.45, 2.75) is 32.4 Å². The zero-order valence-corrected chi connectivity index (χ0v) is 11.4. The van der Waals surface area contributed by atoms with Crippen LogP contribution in [-0.2, 0) is 24.3 Å². The highest BCUT2D eigenvalue weighted by Crippen LogP contribution is 2.16. The van der Waals surface area contributed by atoms with Crippen molar-refractivity contribution in [3.05, 3.63) is 41.2 Å². The van der Waals surface area contributed by atoms with Gasteiger partial charge in [0.15, 0.2) is 12.4 Å². The number of aryl methyl sites for hydroxylation is 1. The monoisotopic (exact) mass is 290 g/mol. The van der Waals surface area contributed by atoms with Crippen LogP contribution in [0.1, 0.15) is 34.8 Å². The maximum atomic E-state index is 13.2. The number of ether oxygens (including phenoxy) is 1. The number of carbonyl (C=O) groups is 1. The van der Waals surface area contributed by atoms with Crippen LogP contribution in [0.4, 0.5) is 10.1 Å². The first kappa shape index (κ1) is 13.5. The number of anilines is 1. The molecule has 1 aromatic carbocycles. The van der Waals surface area contributed by atoms with Crippen LogP contribution in [0.5, 0.6) is 0 Å². The van der Waals surface area contributed by atoms with E-state index in [1.807, 2.05) is 4.57 Å². The number of benzene rings is 1. The van der Waals surface area contributed by atoms with Crippen LogP contribution >= 0.6 is 0 Å². The van der Waals surface area contributed by atoms with Crippen molar-refractivity contribution in [3.63, 3.8) is 0 Å². The lowest BCUT2D eigenvalue weighted by atomic mass is 10.2. The van der Waals surface area contributed by atoms with Gasteiger partial charge in [-0.15, -0.1) is 10.2 Å². The van der Waals surface area contributed by atoms with Crippen LogP contribution in [0, 0.1) is 5.82 Å². The van der Waals surface area contributed by atoms with Crippen LogP contribution in [-0.4, -0.2) is 20.7 Å². The van der Waals surface area contributed by atoms with Crippen molar-refractivity contribution in [1.29, 1.82) is 0 Å². The molecule has 1 aliphatic heterocycles. The van der Waals surface area contributed by atoms with Crippen LogP contribution in [0.25, 0.3) is 0 Å². The van der Waals surface area contributed by atoms with E-state index in [9.17, 15) is 9.18 Å². The largest absolute Gasteiger partial charge is 0.454 e. The average Bonchev–Trinajstić information content (AvgIpc) is 2.87. The fourth-order valence-corrected chi connectivity index (χ4v) is 2.42. The van der Waals surface area contributed by atoms with Gasteiger partial charge in [0.2, 0.25) is 0 Å². The van der Waals surface area contributed by atoms with E-state index in [1.165, 1.54) is 6.07 Å². The first-order chi connectivity index (χ1) is 10.1. The summed E-state index contributed by atoms with van der Waals surface area (Å²) in [6.07, 6.45) is 3.05. The highest BCUT2D eigenvalue weighted by atomic mass is 19.1. The van der Waals surface area contributed by atoms with E-state index in [4.69, 9.17) is 10.5 Å². The third kappa shape index (κ3) is 2.86. The molecule has 0 saturated carbocycles. The Labute approximate surface area is 120 Å². The molecule has 0 spiro atoms. The molecule has 110 valence electrons. The summed E-state index contributed by atoms with van der Waals surface area (Å²) in [5.74, 6) is 0.334. The number of fused-ring (bicyclic) bond motifs is 1. The molecule has 2 aromatic rings. The number of carbonyl (C=O) groups excluding carboxylic acids is 1. The lowest BCUT2D eigenvalue weighted by molar-refractivity contribution is 0.0456. The van der Waals surface area contributed by atoms with E-state index in [1.54, 1.807) is 0 Å². The molecule has 7 heteroatoms. The molecule has 1 aliphatic rings. The maximum Gasteiger partial charge on any atom is 0.338 e. The van der Waals surface area contributed by atoms with E-state index < -0.39 is 11.8 Å². The van der Waals surface area contributed by atoms with Crippen molar-refractivity contribution in [3.8, 4) is 0 Å². The molecule has 0 fully saturated rings. The van der Waals surface area contributed by atoms with E-state index in [-0.39, 0.29) is 17.9 Å². The number of nitrogens with two attached hydrogens (primary N) is 1. The van der Waals surface area contributed by atoms with Crippen molar-refractivity contribution >= 4 is 11.7 Å². The minimum Gasteiger partial charge on any atom is -0.454 e. The summed E-state index contributed by atoms with van der Waals surface area (Å²) in [6, 6.07) is 3.62. The number of halogens is 1. The highest BCUT2D eigenvalue weighted by molar-refractivity contribution is 5.90. The predicted molar refractivity (Wildman–Crippen MR) is 72.9 cm³/mol. The van der Waals surface area contributed by atoms with Crippen molar-refractivity contribution in [1.82, 2.24) is 14.8 Å². The number of hydrogen-bond donors (Lipinski definition) is 1. The molecule has 0 atom stereocenters.